The Morgan fingerprint density at radius 3 is 2.42 bits per heavy atom. The number of carbonyl (C=O) groups is 1. The number of para-hydroxylation sites is 2. The fourth-order valence-electron chi connectivity index (χ4n) is 3.74. The molecule has 4 rings (SSSR count). The largest absolute Gasteiger partial charge is 0.495 e. The van der Waals surface area contributed by atoms with Crippen LogP contribution in [-0.2, 0) is 9.84 Å². The minimum absolute atomic E-state index is 0.0401. The molecule has 2 aromatic rings. The summed E-state index contributed by atoms with van der Waals surface area (Å²) in [5.74, 6) is 0.452. The highest BCUT2D eigenvalue weighted by Crippen LogP contribution is 2.41. The maximum atomic E-state index is 13.3. The van der Waals surface area contributed by atoms with Crippen molar-refractivity contribution in [2.45, 2.75) is 12.1 Å². The average molecular weight is 437 g/mol. The molecule has 0 spiro atoms. The number of sulfone groups is 1. The van der Waals surface area contributed by atoms with E-state index < -0.39 is 21.9 Å². The molecule has 2 amide bonds. The van der Waals surface area contributed by atoms with Gasteiger partial charge in [0.2, 0.25) is 0 Å². The lowest BCUT2D eigenvalue weighted by Gasteiger charge is -2.24. The van der Waals surface area contributed by atoms with Crippen LogP contribution in [-0.4, -0.2) is 45.1 Å². The van der Waals surface area contributed by atoms with Crippen LogP contribution in [0.2, 0.25) is 0 Å². The average Bonchev–Trinajstić information content (AvgIpc) is 3.03. The summed E-state index contributed by atoms with van der Waals surface area (Å²) in [5, 5.41) is 0. The van der Waals surface area contributed by atoms with Gasteiger partial charge in [0.15, 0.2) is 9.84 Å². The number of ether oxygens (including phenoxy) is 1. The smallest absolute Gasteiger partial charge is 0.329 e. The van der Waals surface area contributed by atoms with Gasteiger partial charge in [0.05, 0.1) is 36.4 Å². The van der Waals surface area contributed by atoms with Crippen LogP contribution in [0.1, 0.15) is 0 Å². The number of nitrogens with zero attached hydrogens (tertiary/aromatic N) is 2. The molecule has 2 fully saturated rings. The predicted molar refractivity (Wildman–Crippen MR) is 104 cm³/mol. The van der Waals surface area contributed by atoms with Crippen LogP contribution in [0.25, 0.3) is 0 Å². The summed E-state index contributed by atoms with van der Waals surface area (Å²) >= 11 is 3.42. The van der Waals surface area contributed by atoms with Crippen LogP contribution in [0.15, 0.2) is 53.0 Å². The summed E-state index contributed by atoms with van der Waals surface area (Å²) in [6.07, 6.45) is 0. The molecule has 0 bridgehead atoms. The first kappa shape index (κ1) is 17.4. The third kappa shape index (κ3) is 2.77. The van der Waals surface area contributed by atoms with Crippen molar-refractivity contribution in [1.82, 2.24) is 0 Å². The molecular weight excluding hydrogens is 420 g/mol. The molecule has 0 saturated carbocycles. The summed E-state index contributed by atoms with van der Waals surface area (Å²) in [4.78, 5) is 16.5. The fourth-order valence-corrected chi connectivity index (χ4v) is 6.05. The van der Waals surface area contributed by atoms with Crippen molar-refractivity contribution in [2.24, 2.45) is 0 Å². The number of hydrogen-bond donors (Lipinski definition) is 0. The van der Waals surface area contributed by atoms with E-state index >= 15 is 0 Å². The highest BCUT2D eigenvalue weighted by atomic mass is 79.9. The summed E-state index contributed by atoms with van der Waals surface area (Å²) in [7, 11) is -1.69. The molecular formula is C18H17BrN2O4S. The molecule has 2 heterocycles. The van der Waals surface area contributed by atoms with E-state index in [0.717, 1.165) is 4.47 Å². The fraction of sp³-hybridized carbons (Fsp3) is 0.278. The molecule has 0 unspecified atom stereocenters. The Balaban J connectivity index is 1.84. The molecule has 2 saturated heterocycles. The van der Waals surface area contributed by atoms with Crippen molar-refractivity contribution in [1.29, 1.82) is 0 Å². The van der Waals surface area contributed by atoms with Crippen molar-refractivity contribution in [3.8, 4) is 5.75 Å². The van der Waals surface area contributed by atoms with Crippen LogP contribution in [0, 0.1) is 0 Å². The number of fused-ring (bicyclic) bond motifs is 1. The number of hydrogen-bond acceptors (Lipinski definition) is 4. The van der Waals surface area contributed by atoms with Gasteiger partial charge in [0.1, 0.15) is 5.75 Å². The molecule has 6 nitrogen and oxygen atoms in total. The quantitative estimate of drug-likeness (QED) is 0.693. The highest BCUT2D eigenvalue weighted by Gasteiger charge is 2.55. The van der Waals surface area contributed by atoms with Crippen LogP contribution in [0.4, 0.5) is 16.2 Å². The molecule has 0 radical (unpaired) electrons. The Kier molecular flexibility index (Phi) is 4.19. The number of amides is 2. The Labute approximate surface area is 160 Å². The minimum atomic E-state index is -3.23. The Morgan fingerprint density at radius 2 is 1.73 bits per heavy atom. The maximum Gasteiger partial charge on any atom is 0.329 e. The van der Waals surface area contributed by atoms with E-state index in [9.17, 15) is 13.2 Å². The van der Waals surface area contributed by atoms with Gasteiger partial charge in [-0.05, 0) is 30.3 Å². The van der Waals surface area contributed by atoms with E-state index in [2.05, 4.69) is 15.9 Å². The number of rotatable bonds is 3. The molecule has 2 aliphatic heterocycles. The standard InChI is InChI=1S/C18H17BrN2O4S/c1-25-17-8-3-2-7-14(17)21-16-11-26(23,24)10-15(16)20(18(21)22)13-6-4-5-12(19)9-13/h2-9,15-16H,10-11H2,1H3/t15-,16+/m0/s1. The van der Waals surface area contributed by atoms with Gasteiger partial charge in [-0.15, -0.1) is 0 Å². The number of benzene rings is 2. The second-order valence-electron chi connectivity index (χ2n) is 6.39. The molecule has 136 valence electrons. The Morgan fingerprint density at radius 1 is 1.04 bits per heavy atom. The van der Waals surface area contributed by atoms with E-state index in [0.29, 0.717) is 17.1 Å². The second kappa shape index (κ2) is 6.28. The van der Waals surface area contributed by atoms with Crippen molar-refractivity contribution in [3.05, 3.63) is 53.0 Å². The lowest BCUT2D eigenvalue weighted by Crippen LogP contribution is -2.38. The molecule has 0 N–H and O–H groups in total. The van der Waals surface area contributed by atoms with E-state index in [1.165, 1.54) is 7.11 Å². The van der Waals surface area contributed by atoms with Gasteiger partial charge in [0.25, 0.3) is 0 Å². The van der Waals surface area contributed by atoms with Gasteiger partial charge < -0.3 is 4.74 Å². The monoisotopic (exact) mass is 436 g/mol. The summed E-state index contributed by atoms with van der Waals surface area (Å²) in [6, 6.07) is 13.4. The Bertz CT molecular complexity index is 979. The molecule has 26 heavy (non-hydrogen) atoms. The molecule has 0 aromatic heterocycles. The topological polar surface area (TPSA) is 66.9 Å². The zero-order chi connectivity index (χ0) is 18.5. The molecule has 8 heteroatoms. The second-order valence-corrected chi connectivity index (χ2v) is 9.46. The van der Waals surface area contributed by atoms with Gasteiger partial charge >= 0.3 is 6.03 Å². The number of anilines is 2. The normalized spacial score (nSPS) is 24.0. The number of carbonyl (C=O) groups excluding carboxylic acids is 1. The van der Waals surface area contributed by atoms with Crippen molar-refractivity contribution >= 4 is 43.2 Å². The first-order valence-corrected chi connectivity index (χ1v) is 10.7. The molecule has 0 aliphatic carbocycles. The predicted octanol–water partition coefficient (Wildman–Crippen LogP) is 3.07. The van der Waals surface area contributed by atoms with E-state index in [4.69, 9.17) is 4.74 Å². The number of halogens is 1. The van der Waals surface area contributed by atoms with Gasteiger partial charge in [-0.3, -0.25) is 9.80 Å². The molecule has 2 atom stereocenters. The lowest BCUT2D eigenvalue weighted by atomic mass is 10.1. The first-order chi connectivity index (χ1) is 12.4. The van der Waals surface area contributed by atoms with Crippen molar-refractivity contribution in [2.75, 3.05) is 28.4 Å². The third-order valence-corrected chi connectivity index (χ3v) is 6.99. The van der Waals surface area contributed by atoms with Gasteiger partial charge in [-0.1, -0.05) is 34.1 Å². The Hall–Kier alpha value is -2.06. The van der Waals surface area contributed by atoms with E-state index in [1.807, 2.05) is 36.4 Å². The van der Waals surface area contributed by atoms with Crippen molar-refractivity contribution in [3.63, 3.8) is 0 Å². The van der Waals surface area contributed by atoms with Crippen LogP contribution in [0.5, 0.6) is 5.75 Å². The number of methoxy groups -OCH3 is 1. The summed E-state index contributed by atoms with van der Waals surface area (Å²) in [5.41, 5.74) is 1.26. The maximum absolute atomic E-state index is 13.3. The van der Waals surface area contributed by atoms with E-state index in [-0.39, 0.29) is 17.5 Å². The van der Waals surface area contributed by atoms with Gasteiger partial charge in [-0.2, -0.15) is 0 Å². The van der Waals surface area contributed by atoms with Crippen molar-refractivity contribution < 1.29 is 17.9 Å². The minimum Gasteiger partial charge on any atom is -0.495 e. The first-order valence-electron chi connectivity index (χ1n) is 8.13. The summed E-state index contributed by atoms with van der Waals surface area (Å²) in [6.45, 7) is 0. The lowest BCUT2D eigenvalue weighted by molar-refractivity contribution is 0.255. The molecule has 2 aromatic carbocycles. The zero-order valence-corrected chi connectivity index (χ0v) is 16.4. The van der Waals surface area contributed by atoms with Gasteiger partial charge in [-0.25, -0.2) is 13.2 Å². The van der Waals surface area contributed by atoms with Crippen LogP contribution >= 0.6 is 15.9 Å². The van der Waals surface area contributed by atoms with Crippen LogP contribution < -0.4 is 14.5 Å². The van der Waals surface area contributed by atoms with Gasteiger partial charge in [0, 0.05) is 10.2 Å². The zero-order valence-electron chi connectivity index (χ0n) is 14.0. The molecule has 2 aliphatic rings. The summed E-state index contributed by atoms with van der Waals surface area (Å²) < 4.78 is 30.9. The third-order valence-electron chi connectivity index (χ3n) is 4.80. The van der Waals surface area contributed by atoms with E-state index in [1.54, 1.807) is 21.9 Å². The highest BCUT2D eigenvalue weighted by molar-refractivity contribution is 9.10. The number of urea groups is 1. The SMILES string of the molecule is COc1ccccc1N1C(=O)N(c2cccc(Br)c2)[C@H]2CS(=O)(=O)C[C@H]21. The van der Waals surface area contributed by atoms with Crippen LogP contribution in [0.3, 0.4) is 0 Å².